The maximum Gasteiger partial charge on any atom is 0.271 e. The van der Waals surface area contributed by atoms with E-state index in [4.69, 9.17) is 0 Å². The minimum Gasteiger partial charge on any atom is -0.378 e. The summed E-state index contributed by atoms with van der Waals surface area (Å²) in [6, 6.07) is 18.9. The van der Waals surface area contributed by atoms with Gasteiger partial charge < -0.3 is 15.5 Å². The van der Waals surface area contributed by atoms with Crippen LogP contribution < -0.4 is 15.5 Å². The van der Waals surface area contributed by atoms with E-state index in [-0.39, 0.29) is 11.9 Å². The highest BCUT2D eigenvalue weighted by atomic mass is 32.1. The number of amides is 1. The zero-order chi connectivity index (χ0) is 21.6. The van der Waals surface area contributed by atoms with E-state index < -0.39 is 0 Å². The van der Waals surface area contributed by atoms with Crippen molar-refractivity contribution >= 4 is 33.8 Å². The third-order valence-corrected chi connectivity index (χ3v) is 6.28. The van der Waals surface area contributed by atoms with Crippen molar-refractivity contribution in [1.29, 1.82) is 0 Å². The first kappa shape index (κ1) is 21.3. The van der Waals surface area contributed by atoms with Crippen LogP contribution in [0.25, 0.3) is 0 Å². The van der Waals surface area contributed by atoms with Gasteiger partial charge in [-0.05, 0) is 36.6 Å². The second-order valence-electron chi connectivity index (χ2n) is 8.12. The average Bonchev–Trinajstić information content (AvgIpc) is 3.25. The Kier molecular flexibility index (Phi) is 6.84. The maximum atomic E-state index is 12.7. The lowest BCUT2D eigenvalue weighted by Gasteiger charge is -2.32. The second-order valence-corrected chi connectivity index (χ2v) is 8.98. The van der Waals surface area contributed by atoms with E-state index in [0.29, 0.717) is 5.69 Å². The van der Waals surface area contributed by atoms with Gasteiger partial charge in [-0.1, -0.05) is 36.4 Å². The minimum absolute atomic E-state index is 0.0900. The predicted molar refractivity (Wildman–Crippen MR) is 128 cm³/mol. The SMILES string of the molecule is CN(C)c1cccc(Nc2nc(C(=O)NC3CCN(Cc4ccccc4)CC3)cs2)c1. The summed E-state index contributed by atoms with van der Waals surface area (Å²) >= 11 is 1.45. The first-order valence-corrected chi connectivity index (χ1v) is 11.5. The summed E-state index contributed by atoms with van der Waals surface area (Å²) in [6.07, 6.45) is 1.93. The van der Waals surface area contributed by atoms with Crippen molar-refractivity contribution in [3.63, 3.8) is 0 Å². The third-order valence-electron chi connectivity index (χ3n) is 5.52. The Bertz CT molecular complexity index is 996. The van der Waals surface area contributed by atoms with Crippen LogP contribution in [0.1, 0.15) is 28.9 Å². The Morgan fingerprint density at radius 3 is 2.65 bits per heavy atom. The van der Waals surface area contributed by atoms with Gasteiger partial charge in [-0.2, -0.15) is 0 Å². The molecule has 0 spiro atoms. The summed E-state index contributed by atoms with van der Waals surface area (Å²) in [7, 11) is 4.02. The van der Waals surface area contributed by atoms with E-state index in [1.165, 1.54) is 16.9 Å². The number of carbonyl (C=O) groups is 1. The van der Waals surface area contributed by atoms with Crippen molar-refractivity contribution in [3.8, 4) is 0 Å². The molecule has 1 saturated heterocycles. The van der Waals surface area contributed by atoms with E-state index in [2.05, 4.69) is 61.8 Å². The molecule has 1 amide bonds. The molecule has 4 rings (SSSR count). The summed E-state index contributed by atoms with van der Waals surface area (Å²) in [4.78, 5) is 21.7. The molecule has 0 bridgehead atoms. The molecule has 0 aliphatic carbocycles. The summed E-state index contributed by atoms with van der Waals surface area (Å²) in [5.41, 5.74) is 3.88. The predicted octanol–water partition coefficient (Wildman–Crippen LogP) is 4.35. The number of thiazole rings is 1. The summed E-state index contributed by atoms with van der Waals surface area (Å²) in [6.45, 7) is 2.95. The van der Waals surface area contributed by atoms with Crippen LogP contribution in [-0.4, -0.2) is 49.0 Å². The van der Waals surface area contributed by atoms with E-state index in [0.717, 1.165) is 49.0 Å². The molecule has 31 heavy (non-hydrogen) atoms. The Balaban J connectivity index is 1.27. The van der Waals surface area contributed by atoms with Crippen molar-refractivity contribution in [3.05, 3.63) is 71.2 Å². The molecule has 7 heteroatoms. The molecule has 2 aromatic carbocycles. The van der Waals surface area contributed by atoms with E-state index in [1.807, 2.05) is 37.7 Å². The zero-order valence-electron chi connectivity index (χ0n) is 18.0. The highest BCUT2D eigenvalue weighted by Crippen LogP contribution is 2.24. The lowest BCUT2D eigenvalue weighted by molar-refractivity contribution is 0.0904. The lowest BCUT2D eigenvalue weighted by Crippen LogP contribution is -2.44. The number of piperidine rings is 1. The van der Waals surface area contributed by atoms with Gasteiger partial charge in [0.25, 0.3) is 5.91 Å². The van der Waals surface area contributed by atoms with Crippen molar-refractivity contribution in [2.75, 3.05) is 37.4 Å². The van der Waals surface area contributed by atoms with Gasteiger partial charge in [-0.15, -0.1) is 11.3 Å². The second kappa shape index (κ2) is 9.94. The molecular formula is C24H29N5OS. The number of nitrogens with one attached hydrogen (secondary N) is 2. The normalized spacial score (nSPS) is 14.9. The van der Waals surface area contributed by atoms with E-state index in [9.17, 15) is 4.79 Å². The van der Waals surface area contributed by atoms with E-state index >= 15 is 0 Å². The highest BCUT2D eigenvalue weighted by Gasteiger charge is 2.22. The number of nitrogens with zero attached hydrogens (tertiary/aromatic N) is 3. The van der Waals surface area contributed by atoms with Crippen LogP contribution in [0.4, 0.5) is 16.5 Å². The van der Waals surface area contributed by atoms with Gasteiger partial charge in [-0.3, -0.25) is 9.69 Å². The smallest absolute Gasteiger partial charge is 0.271 e. The fourth-order valence-electron chi connectivity index (χ4n) is 3.76. The number of likely N-dealkylation sites (tertiary alicyclic amines) is 1. The first-order chi connectivity index (χ1) is 15.1. The third kappa shape index (κ3) is 5.83. The molecule has 2 N–H and O–H groups in total. The Hall–Kier alpha value is -2.90. The largest absolute Gasteiger partial charge is 0.378 e. The van der Waals surface area contributed by atoms with Gasteiger partial charge in [0.05, 0.1) is 0 Å². The monoisotopic (exact) mass is 435 g/mol. The van der Waals surface area contributed by atoms with Crippen molar-refractivity contribution in [2.45, 2.75) is 25.4 Å². The fraction of sp³-hybridized carbons (Fsp3) is 0.333. The molecule has 0 saturated carbocycles. The molecule has 2 heterocycles. The molecule has 6 nitrogen and oxygen atoms in total. The number of carbonyl (C=O) groups excluding carboxylic acids is 1. The van der Waals surface area contributed by atoms with Crippen LogP contribution in [0.3, 0.4) is 0 Å². The Morgan fingerprint density at radius 2 is 1.90 bits per heavy atom. The molecule has 1 aromatic heterocycles. The quantitative estimate of drug-likeness (QED) is 0.578. The molecule has 0 radical (unpaired) electrons. The van der Waals surface area contributed by atoms with Gasteiger partial charge in [0, 0.05) is 56.5 Å². The average molecular weight is 436 g/mol. The fourth-order valence-corrected chi connectivity index (χ4v) is 4.47. The molecule has 162 valence electrons. The minimum atomic E-state index is -0.0900. The first-order valence-electron chi connectivity index (χ1n) is 10.6. The number of rotatable bonds is 7. The molecule has 0 unspecified atom stereocenters. The molecule has 1 fully saturated rings. The van der Waals surface area contributed by atoms with Crippen LogP contribution in [0.2, 0.25) is 0 Å². The van der Waals surface area contributed by atoms with Crippen LogP contribution in [-0.2, 0) is 6.54 Å². The van der Waals surface area contributed by atoms with Crippen molar-refractivity contribution in [1.82, 2.24) is 15.2 Å². The number of aromatic nitrogens is 1. The van der Waals surface area contributed by atoms with Crippen molar-refractivity contribution in [2.24, 2.45) is 0 Å². The standard InChI is InChI=1S/C24H29N5OS/c1-28(2)21-10-6-9-20(15-21)26-24-27-22(17-31-24)23(30)25-19-11-13-29(14-12-19)16-18-7-4-3-5-8-18/h3-10,15,17,19H,11-14,16H2,1-2H3,(H,25,30)(H,26,27). The molecular weight excluding hydrogens is 406 g/mol. The van der Waals surface area contributed by atoms with Crippen LogP contribution in [0.5, 0.6) is 0 Å². The van der Waals surface area contributed by atoms with Crippen LogP contribution in [0.15, 0.2) is 60.0 Å². The summed E-state index contributed by atoms with van der Waals surface area (Å²) in [5.74, 6) is -0.0900. The Labute approximate surface area is 187 Å². The summed E-state index contributed by atoms with van der Waals surface area (Å²) < 4.78 is 0. The number of benzene rings is 2. The molecule has 3 aromatic rings. The van der Waals surface area contributed by atoms with Crippen LogP contribution in [0, 0.1) is 0 Å². The van der Waals surface area contributed by atoms with Gasteiger partial charge >= 0.3 is 0 Å². The van der Waals surface area contributed by atoms with Gasteiger partial charge in [0.2, 0.25) is 0 Å². The highest BCUT2D eigenvalue weighted by molar-refractivity contribution is 7.14. The molecule has 1 aliphatic heterocycles. The lowest BCUT2D eigenvalue weighted by atomic mass is 10.0. The van der Waals surface area contributed by atoms with Gasteiger partial charge in [-0.25, -0.2) is 4.98 Å². The summed E-state index contributed by atoms with van der Waals surface area (Å²) in [5, 5.41) is 9.00. The Morgan fingerprint density at radius 1 is 1.13 bits per heavy atom. The van der Waals surface area contributed by atoms with Crippen LogP contribution >= 0.6 is 11.3 Å². The topological polar surface area (TPSA) is 60.5 Å². The zero-order valence-corrected chi connectivity index (χ0v) is 18.9. The number of anilines is 3. The number of hydrogen-bond donors (Lipinski definition) is 2. The van der Waals surface area contributed by atoms with Gasteiger partial charge in [0.1, 0.15) is 5.69 Å². The van der Waals surface area contributed by atoms with Gasteiger partial charge in [0.15, 0.2) is 5.13 Å². The van der Waals surface area contributed by atoms with Crippen molar-refractivity contribution < 1.29 is 4.79 Å². The molecule has 1 aliphatic rings. The maximum absolute atomic E-state index is 12.7. The molecule has 0 atom stereocenters. The van der Waals surface area contributed by atoms with E-state index in [1.54, 1.807) is 0 Å². The number of hydrogen-bond acceptors (Lipinski definition) is 6.